The molecule has 1 rings (SSSR count). The first-order valence-corrected chi connectivity index (χ1v) is 7.27. The minimum Gasteiger partial charge on any atom is -0.310 e. The van der Waals surface area contributed by atoms with Crippen molar-refractivity contribution in [2.45, 2.75) is 33.2 Å². The van der Waals surface area contributed by atoms with Gasteiger partial charge in [0.25, 0.3) is 0 Å². The third-order valence-corrected chi connectivity index (χ3v) is 3.68. The van der Waals surface area contributed by atoms with Gasteiger partial charge >= 0.3 is 0 Å². The molecule has 0 aliphatic carbocycles. The van der Waals surface area contributed by atoms with Gasteiger partial charge < -0.3 is 5.32 Å². The summed E-state index contributed by atoms with van der Waals surface area (Å²) in [6.07, 6.45) is 1.26. The van der Waals surface area contributed by atoms with Gasteiger partial charge in [-0.3, -0.25) is 0 Å². The van der Waals surface area contributed by atoms with Crippen LogP contribution in [-0.2, 0) is 0 Å². The van der Waals surface area contributed by atoms with Crippen molar-refractivity contribution in [3.8, 4) is 0 Å². The van der Waals surface area contributed by atoms with Crippen LogP contribution >= 0.6 is 11.8 Å². The molecule has 0 aromatic heterocycles. The van der Waals surface area contributed by atoms with Crippen molar-refractivity contribution in [3.63, 3.8) is 0 Å². The molecular formula is C14H23NS. The Labute approximate surface area is 104 Å². The lowest BCUT2D eigenvalue weighted by molar-refractivity contribution is 0.572. The van der Waals surface area contributed by atoms with Crippen LogP contribution in [0.2, 0.25) is 0 Å². The molecule has 1 aromatic rings. The average Bonchev–Trinajstić information content (AvgIpc) is 2.29. The van der Waals surface area contributed by atoms with E-state index in [0.717, 1.165) is 6.54 Å². The van der Waals surface area contributed by atoms with E-state index in [4.69, 9.17) is 0 Å². The van der Waals surface area contributed by atoms with Crippen LogP contribution in [0.5, 0.6) is 0 Å². The number of nitrogens with one attached hydrogen (secondary N) is 1. The van der Waals surface area contributed by atoms with E-state index in [2.05, 4.69) is 50.4 Å². The molecule has 0 bridgehead atoms. The van der Waals surface area contributed by atoms with Crippen LogP contribution in [-0.4, -0.2) is 18.1 Å². The quantitative estimate of drug-likeness (QED) is 0.724. The maximum absolute atomic E-state index is 3.56. The van der Waals surface area contributed by atoms with Crippen LogP contribution in [0.4, 0.5) is 0 Å². The van der Waals surface area contributed by atoms with Crippen LogP contribution in [0.3, 0.4) is 0 Å². The summed E-state index contributed by atoms with van der Waals surface area (Å²) in [5.74, 6) is 2.50. The van der Waals surface area contributed by atoms with Crippen LogP contribution < -0.4 is 5.32 Å². The van der Waals surface area contributed by atoms with Gasteiger partial charge in [0.1, 0.15) is 0 Å². The Morgan fingerprint density at radius 3 is 2.56 bits per heavy atom. The molecule has 0 spiro atoms. The van der Waals surface area contributed by atoms with Gasteiger partial charge in [0.15, 0.2) is 0 Å². The molecule has 16 heavy (non-hydrogen) atoms. The van der Waals surface area contributed by atoms with Crippen LogP contribution in [0, 0.1) is 6.92 Å². The predicted octanol–water partition coefficient (Wildman–Crippen LogP) is 3.79. The summed E-state index contributed by atoms with van der Waals surface area (Å²) in [5.41, 5.74) is 2.71. The van der Waals surface area contributed by atoms with Crippen molar-refractivity contribution in [1.29, 1.82) is 0 Å². The summed E-state index contributed by atoms with van der Waals surface area (Å²) in [6, 6.07) is 9.26. The lowest BCUT2D eigenvalue weighted by atomic mass is 10.1. The molecule has 90 valence electrons. The molecular weight excluding hydrogens is 214 g/mol. The van der Waals surface area contributed by atoms with Crippen molar-refractivity contribution in [3.05, 3.63) is 35.4 Å². The van der Waals surface area contributed by atoms with Crippen LogP contribution in [0.15, 0.2) is 24.3 Å². The minimum absolute atomic E-state index is 0.465. The van der Waals surface area contributed by atoms with E-state index in [9.17, 15) is 0 Å². The van der Waals surface area contributed by atoms with E-state index in [1.165, 1.54) is 29.1 Å². The second kappa shape index (κ2) is 7.75. The van der Waals surface area contributed by atoms with Gasteiger partial charge in [-0.25, -0.2) is 0 Å². The molecule has 0 fully saturated rings. The summed E-state index contributed by atoms with van der Waals surface area (Å²) in [5, 5.41) is 3.56. The number of hydrogen-bond acceptors (Lipinski definition) is 2. The van der Waals surface area contributed by atoms with Crippen molar-refractivity contribution < 1.29 is 0 Å². The highest BCUT2D eigenvalue weighted by Crippen LogP contribution is 2.13. The van der Waals surface area contributed by atoms with E-state index in [-0.39, 0.29) is 0 Å². The summed E-state index contributed by atoms with van der Waals surface area (Å²) in [7, 11) is 0. The first-order valence-electron chi connectivity index (χ1n) is 6.11. The molecule has 0 aliphatic heterocycles. The molecule has 0 aliphatic rings. The molecule has 0 saturated carbocycles. The first-order chi connectivity index (χ1) is 7.74. The Bertz CT molecular complexity index is 281. The highest BCUT2D eigenvalue weighted by molar-refractivity contribution is 7.99. The lowest BCUT2D eigenvalue weighted by Gasteiger charge is -2.14. The van der Waals surface area contributed by atoms with Gasteiger partial charge in [-0.2, -0.15) is 11.8 Å². The van der Waals surface area contributed by atoms with Crippen LogP contribution in [0.25, 0.3) is 0 Å². The third kappa shape index (κ3) is 5.04. The lowest BCUT2D eigenvalue weighted by Crippen LogP contribution is -2.20. The molecule has 0 heterocycles. The molecule has 0 amide bonds. The Morgan fingerprint density at radius 2 is 1.94 bits per heavy atom. The van der Waals surface area contributed by atoms with Gasteiger partial charge in [-0.1, -0.05) is 36.8 Å². The van der Waals surface area contributed by atoms with Crippen LogP contribution in [0.1, 0.15) is 37.4 Å². The summed E-state index contributed by atoms with van der Waals surface area (Å²) >= 11 is 2.02. The standard InChI is InChI=1S/C14H23NS/c1-4-16-11-5-10-15-13(3)14-8-6-12(2)7-9-14/h6-9,13,15H,4-5,10-11H2,1-3H3/t13-/m0/s1. The van der Waals surface area contributed by atoms with Gasteiger partial charge in [0.2, 0.25) is 0 Å². The van der Waals surface area contributed by atoms with Gasteiger partial charge in [0.05, 0.1) is 0 Å². The summed E-state index contributed by atoms with van der Waals surface area (Å²) in [6.45, 7) is 7.69. The monoisotopic (exact) mass is 237 g/mol. The fourth-order valence-corrected chi connectivity index (χ4v) is 2.25. The third-order valence-electron chi connectivity index (χ3n) is 2.70. The molecule has 0 radical (unpaired) electrons. The number of hydrogen-bond donors (Lipinski definition) is 1. The zero-order valence-corrected chi connectivity index (χ0v) is 11.4. The smallest absolute Gasteiger partial charge is 0.0291 e. The van der Waals surface area contributed by atoms with Crippen molar-refractivity contribution in [2.75, 3.05) is 18.1 Å². The zero-order valence-electron chi connectivity index (χ0n) is 10.6. The maximum atomic E-state index is 3.56. The van der Waals surface area contributed by atoms with E-state index in [1.807, 2.05) is 11.8 Å². The van der Waals surface area contributed by atoms with Gasteiger partial charge in [0, 0.05) is 6.04 Å². The van der Waals surface area contributed by atoms with Crippen molar-refractivity contribution >= 4 is 11.8 Å². The predicted molar refractivity (Wildman–Crippen MR) is 75.2 cm³/mol. The maximum Gasteiger partial charge on any atom is 0.0291 e. The highest BCUT2D eigenvalue weighted by Gasteiger charge is 2.02. The Balaban J connectivity index is 2.24. The number of thioether (sulfide) groups is 1. The molecule has 1 aromatic carbocycles. The van der Waals surface area contributed by atoms with E-state index in [0.29, 0.717) is 6.04 Å². The molecule has 1 N–H and O–H groups in total. The molecule has 1 atom stereocenters. The second-order valence-electron chi connectivity index (χ2n) is 4.14. The number of rotatable bonds is 7. The van der Waals surface area contributed by atoms with E-state index in [1.54, 1.807) is 0 Å². The number of benzene rings is 1. The van der Waals surface area contributed by atoms with Crippen molar-refractivity contribution in [1.82, 2.24) is 5.32 Å². The van der Waals surface area contributed by atoms with E-state index >= 15 is 0 Å². The fraction of sp³-hybridized carbons (Fsp3) is 0.571. The molecule has 0 saturated heterocycles. The van der Waals surface area contributed by atoms with Gasteiger partial charge in [-0.05, 0) is 43.9 Å². The SMILES string of the molecule is CCSCCCN[C@@H](C)c1ccc(C)cc1. The Kier molecular flexibility index (Phi) is 6.58. The average molecular weight is 237 g/mol. The highest BCUT2D eigenvalue weighted by atomic mass is 32.2. The normalized spacial score (nSPS) is 12.7. The van der Waals surface area contributed by atoms with E-state index < -0.39 is 0 Å². The minimum atomic E-state index is 0.465. The summed E-state index contributed by atoms with van der Waals surface area (Å²) in [4.78, 5) is 0. The second-order valence-corrected chi connectivity index (χ2v) is 5.53. The molecule has 1 nitrogen and oxygen atoms in total. The van der Waals surface area contributed by atoms with Gasteiger partial charge in [-0.15, -0.1) is 0 Å². The Hall–Kier alpha value is -0.470. The first kappa shape index (κ1) is 13.6. The number of aryl methyl sites for hydroxylation is 1. The van der Waals surface area contributed by atoms with Crippen molar-refractivity contribution in [2.24, 2.45) is 0 Å². The Morgan fingerprint density at radius 1 is 1.25 bits per heavy atom. The largest absolute Gasteiger partial charge is 0.310 e. The zero-order chi connectivity index (χ0) is 11.8. The molecule has 2 heteroatoms. The molecule has 0 unspecified atom stereocenters. The summed E-state index contributed by atoms with van der Waals surface area (Å²) < 4.78 is 0. The fourth-order valence-electron chi connectivity index (χ4n) is 1.61. The topological polar surface area (TPSA) is 12.0 Å².